The molecular formula is C13H17ClFNO. The molecular weight excluding hydrogens is 241 g/mol. The largest absolute Gasteiger partial charge is 0.393 e. The summed E-state index contributed by atoms with van der Waals surface area (Å²) in [5.74, 6) is -0.313. The van der Waals surface area contributed by atoms with Crippen LogP contribution in [0.25, 0.3) is 0 Å². The molecule has 0 spiro atoms. The molecule has 0 aromatic heterocycles. The highest BCUT2D eigenvalue weighted by Gasteiger charge is 2.19. The summed E-state index contributed by atoms with van der Waals surface area (Å²) < 4.78 is 12.9. The second-order valence-electron chi connectivity index (χ2n) is 4.63. The molecule has 2 rings (SSSR count). The number of nitrogens with one attached hydrogen (secondary N) is 1. The minimum atomic E-state index is -0.313. The molecule has 1 saturated carbocycles. The van der Waals surface area contributed by atoms with E-state index in [0.29, 0.717) is 17.6 Å². The molecule has 4 heteroatoms. The highest BCUT2D eigenvalue weighted by molar-refractivity contribution is 6.31. The summed E-state index contributed by atoms with van der Waals surface area (Å²) in [6.07, 6.45) is 3.63. The minimum Gasteiger partial charge on any atom is -0.393 e. The molecule has 1 fully saturated rings. The van der Waals surface area contributed by atoms with Gasteiger partial charge in [0.2, 0.25) is 0 Å². The summed E-state index contributed by atoms with van der Waals surface area (Å²) in [6.45, 7) is 0.622. The first-order valence-corrected chi connectivity index (χ1v) is 6.38. The van der Waals surface area contributed by atoms with E-state index in [9.17, 15) is 9.50 Å². The first-order valence-electron chi connectivity index (χ1n) is 6.00. The lowest BCUT2D eigenvalue weighted by atomic mass is 9.93. The van der Waals surface area contributed by atoms with Gasteiger partial charge in [-0.3, -0.25) is 0 Å². The van der Waals surface area contributed by atoms with Crippen molar-refractivity contribution in [2.75, 3.05) is 0 Å². The summed E-state index contributed by atoms with van der Waals surface area (Å²) in [7, 11) is 0. The van der Waals surface area contributed by atoms with Gasteiger partial charge in [-0.05, 0) is 43.4 Å². The van der Waals surface area contributed by atoms with E-state index >= 15 is 0 Å². The van der Waals surface area contributed by atoms with Gasteiger partial charge in [0.25, 0.3) is 0 Å². The fourth-order valence-electron chi connectivity index (χ4n) is 2.27. The summed E-state index contributed by atoms with van der Waals surface area (Å²) >= 11 is 5.95. The maximum absolute atomic E-state index is 12.9. The lowest BCUT2D eigenvalue weighted by Crippen LogP contribution is -2.35. The standard InChI is InChI=1S/C13H17ClFNO/c14-13-6-10(15)5-4-9(13)8-16-11-2-1-3-12(17)7-11/h4-6,11-12,16-17H,1-3,7-8H2. The molecule has 0 radical (unpaired) electrons. The van der Waals surface area contributed by atoms with Crippen LogP contribution in [-0.4, -0.2) is 17.3 Å². The molecule has 94 valence electrons. The molecule has 1 aromatic carbocycles. The van der Waals surface area contributed by atoms with Crippen molar-refractivity contribution in [3.63, 3.8) is 0 Å². The van der Waals surface area contributed by atoms with Crippen LogP contribution in [0.15, 0.2) is 18.2 Å². The fraction of sp³-hybridized carbons (Fsp3) is 0.538. The monoisotopic (exact) mass is 257 g/mol. The van der Waals surface area contributed by atoms with Gasteiger partial charge in [0, 0.05) is 17.6 Å². The van der Waals surface area contributed by atoms with Crippen LogP contribution in [0.2, 0.25) is 5.02 Å². The van der Waals surface area contributed by atoms with E-state index in [1.807, 2.05) is 0 Å². The minimum absolute atomic E-state index is 0.190. The van der Waals surface area contributed by atoms with Crippen molar-refractivity contribution in [3.8, 4) is 0 Å². The van der Waals surface area contributed by atoms with Crippen molar-refractivity contribution < 1.29 is 9.50 Å². The number of hydrogen-bond acceptors (Lipinski definition) is 2. The Labute approximate surface area is 106 Å². The molecule has 2 N–H and O–H groups in total. The first-order chi connectivity index (χ1) is 8.15. The van der Waals surface area contributed by atoms with Gasteiger partial charge in [-0.1, -0.05) is 17.7 Å². The van der Waals surface area contributed by atoms with Crippen molar-refractivity contribution in [1.29, 1.82) is 0 Å². The van der Waals surface area contributed by atoms with Gasteiger partial charge in [0.05, 0.1) is 6.10 Å². The average molecular weight is 258 g/mol. The Morgan fingerprint density at radius 2 is 2.24 bits per heavy atom. The highest BCUT2D eigenvalue weighted by atomic mass is 35.5. The zero-order valence-electron chi connectivity index (χ0n) is 9.63. The Morgan fingerprint density at radius 1 is 1.41 bits per heavy atom. The molecule has 0 aliphatic heterocycles. The number of aliphatic hydroxyl groups excluding tert-OH is 1. The van der Waals surface area contributed by atoms with Crippen LogP contribution in [0.3, 0.4) is 0 Å². The van der Waals surface area contributed by atoms with E-state index in [0.717, 1.165) is 31.2 Å². The highest BCUT2D eigenvalue weighted by Crippen LogP contribution is 2.21. The Balaban J connectivity index is 1.88. The smallest absolute Gasteiger partial charge is 0.124 e. The van der Waals surface area contributed by atoms with E-state index in [4.69, 9.17) is 11.6 Å². The van der Waals surface area contributed by atoms with E-state index in [2.05, 4.69) is 5.32 Å². The third kappa shape index (κ3) is 3.66. The molecule has 2 unspecified atom stereocenters. The topological polar surface area (TPSA) is 32.3 Å². The molecule has 0 amide bonds. The lowest BCUT2D eigenvalue weighted by Gasteiger charge is -2.26. The van der Waals surface area contributed by atoms with E-state index in [1.165, 1.54) is 12.1 Å². The maximum atomic E-state index is 12.9. The predicted octanol–water partition coefficient (Wildman–Crippen LogP) is 2.87. The van der Waals surface area contributed by atoms with Crippen LogP contribution in [0.4, 0.5) is 4.39 Å². The van der Waals surface area contributed by atoms with Gasteiger partial charge in [-0.25, -0.2) is 4.39 Å². The van der Waals surface area contributed by atoms with Gasteiger partial charge in [0.1, 0.15) is 5.82 Å². The molecule has 0 bridgehead atoms. The first kappa shape index (κ1) is 12.8. The summed E-state index contributed by atoms with van der Waals surface area (Å²) in [5, 5.41) is 13.4. The van der Waals surface area contributed by atoms with E-state index in [-0.39, 0.29) is 11.9 Å². The zero-order chi connectivity index (χ0) is 12.3. The van der Waals surface area contributed by atoms with Crippen LogP contribution < -0.4 is 5.32 Å². The van der Waals surface area contributed by atoms with Crippen LogP contribution in [0.1, 0.15) is 31.2 Å². The predicted molar refractivity (Wildman–Crippen MR) is 66.5 cm³/mol. The lowest BCUT2D eigenvalue weighted by molar-refractivity contribution is 0.111. The van der Waals surface area contributed by atoms with Crippen molar-refractivity contribution in [1.82, 2.24) is 5.32 Å². The average Bonchev–Trinajstić information content (AvgIpc) is 2.28. The van der Waals surface area contributed by atoms with Gasteiger partial charge < -0.3 is 10.4 Å². The van der Waals surface area contributed by atoms with Gasteiger partial charge >= 0.3 is 0 Å². The molecule has 1 aliphatic carbocycles. The van der Waals surface area contributed by atoms with Gasteiger partial charge in [-0.2, -0.15) is 0 Å². The van der Waals surface area contributed by atoms with Crippen molar-refractivity contribution in [2.45, 2.75) is 44.4 Å². The Kier molecular flexibility index (Phi) is 4.37. The van der Waals surface area contributed by atoms with Gasteiger partial charge in [-0.15, -0.1) is 0 Å². The molecule has 2 nitrogen and oxygen atoms in total. The third-order valence-corrected chi connectivity index (χ3v) is 3.59. The Morgan fingerprint density at radius 3 is 2.94 bits per heavy atom. The number of halogens is 2. The summed E-state index contributed by atoms with van der Waals surface area (Å²) in [5.41, 5.74) is 0.896. The third-order valence-electron chi connectivity index (χ3n) is 3.24. The zero-order valence-corrected chi connectivity index (χ0v) is 10.4. The molecule has 1 aliphatic rings. The van der Waals surface area contributed by atoms with Gasteiger partial charge in [0.15, 0.2) is 0 Å². The van der Waals surface area contributed by atoms with Crippen molar-refractivity contribution in [2.24, 2.45) is 0 Å². The van der Waals surface area contributed by atoms with E-state index < -0.39 is 0 Å². The molecule has 0 heterocycles. The second-order valence-corrected chi connectivity index (χ2v) is 5.04. The molecule has 0 saturated heterocycles. The number of rotatable bonds is 3. The summed E-state index contributed by atoms with van der Waals surface area (Å²) in [6, 6.07) is 4.77. The van der Waals surface area contributed by atoms with Crippen molar-refractivity contribution >= 4 is 11.6 Å². The molecule has 17 heavy (non-hydrogen) atoms. The molecule has 2 atom stereocenters. The van der Waals surface area contributed by atoms with Crippen LogP contribution >= 0.6 is 11.6 Å². The van der Waals surface area contributed by atoms with Crippen LogP contribution in [0.5, 0.6) is 0 Å². The Hall–Kier alpha value is -0.640. The van der Waals surface area contributed by atoms with E-state index in [1.54, 1.807) is 6.07 Å². The van der Waals surface area contributed by atoms with Crippen LogP contribution in [0, 0.1) is 5.82 Å². The maximum Gasteiger partial charge on any atom is 0.124 e. The van der Waals surface area contributed by atoms with Crippen LogP contribution in [-0.2, 0) is 6.54 Å². The fourth-order valence-corrected chi connectivity index (χ4v) is 2.50. The number of hydrogen-bond donors (Lipinski definition) is 2. The number of benzene rings is 1. The quantitative estimate of drug-likeness (QED) is 0.873. The Bertz CT molecular complexity index is 386. The SMILES string of the molecule is OC1CCCC(NCc2ccc(F)cc2Cl)C1. The second kappa shape index (κ2) is 5.80. The normalized spacial score (nSPS) is 24.9. The number of aliphatic hydroxyl groups is 1. The van der Waals surface area contributed by atoms with Crippen molar-refractivity contribution in [3.05, 3.63) is 34.6 Å². The summed E-state index contributed by atoms with van der Waals surface area (Å²) in [4.78, 5) is 0. The molecule has 1 aromatic rings.